The smallest absolute Gasteiger partial charge is 0.334 e. The lowest BCUT2D eigenvalue weighted by molar-refractivity contribution is -0.169. The Bertz CT molecular complexity index is 1380. The Labute approximate surface area is 247 Å². The lowest BCUT2D eigenvalue weighted by Gasteiger charge is -2.53. The van der Waals surface area contributed by atoms with Crippen LogP contribution in [-0.2, 0) is 42.8 Å². The van der Waals surface area contributed by atoms with Gasteiger partial charge in [-0.05, 0) is 36.7 Å². The fraction of sp³-hybridized carbons (Fsp3) is 0.767. The van der Waals surface area contributed by atoms with Gasteiger partial charge in [0.25, 0.3) is 0 Å². The highest BCUT2D eigenvalue weighted by molar-refractivity contribution is 5.92. The van der Waals surface area contributed by atoms with Gasteiger partial charge in [0.15, 0.2) is 11.7 Å². The molecule has 5 heterocycles. The third kappa shape index (κ3) is 3.35. The van der Waals surface area contributed by atoms with Gasteiger partial charge in [-0.15, -0.1) is 0 Å². The first-order valence-corrected chi connectivity index (χ1v) is 15.2. The number of aliphatic hydroxyl groups is 3. The highest BCUT2D eigenvalue weighted by Gasteiger charge is 3.01. The first-order valence-electron chi connectivity index (χ1n) is 15.2. The molecule has 6 fully saturated rings. The molecule has 12 atom stereocenters. The largest absolute Gasteiger partial charge is 0.491 e. The summed E-state index contributed by atoms with van der Waals surface area (Å²) in [6.07, 6.45) is -2.83. The normalized spacial score (nSPS) is 50.7. The van der Waals surface area contributed by atoms with Crippen molar-refractivity contribution in [1.29, 1.82) is 0 Å². The van der Waals surface area contributed by atoms with Gasteiger partial charge < -0.3 is 49.1 Å². The molecule has 2 saturated carbocycles. The van der Waals surface area contributed by atoms with E-state index >= 15 is 0 Å². The van der Waals surface area contributed by atoms with Crippen LogP contribution in [-0.4, -0.2) is 106 Å². The molecule has 1 unspecified atom stereocenters. The Hall–Kier alpha value is -2.55. The second-order valence-corrected chi connectivity index (χ2v) is 13.8. The molecule has 8 rings (SSSR count). The summed E-state index contributed by atoms with van der Waals surface area (Å²) in [5, 5.41) is 31.9. The van der Waals surface area contributed by atoms with Gasteiger partial charge in [-0.25, -0.2) is 4.79 Å². The number of carbonyl (C=O) groups excluding carboxylic acids is 3. The standard InChI is InChI=1S/C30H37NO12/c1-12(2)28-23(42-28)24-30(43-24)27(3)7-6-13-14(10-39-25(13)37)15(27)8-18-29(30,41-18)26(28)40-20(34)5-4-19(33)31-9-17-22(36)21(35)16(32)11-38-17/h9,12,15-16,18,21-24,26,32,35-36H,4-8,10-11H2,1-3H3,(H,31,33)/b17-9+/t15?,16-,18-,21+,22+,23-,24-,26+,27-,28-,29+,30+/m0/s1. The summed E-state index contributed by atoms with van der Waals surface area (Å²) in [6, 6.07) is 0. The minimum absolute atomic E-state index is 0.00879. The Balaban J connectivity index is 1.00. The highest BCUT2D eigenvalue weighted by Crippen LogP contribution is 2.83. The van der Waals surface area contributed by atoms with Crippen molar-refractivity contribution in [3.05, 3.63) is 23.1 Å². The molecule has 3 aliphatic carbocycles. The zero-order valence-corrected chi connectivity index (χ0v) is 24.2. The van der Waals surface area contributed by atoms with Gasteiger partial charge in [-0.3, -0.25) is 9.59 Å². The average Bonchev–Trinajstić information content (AvgIpc) is 3.89. The quantitative estimate of drug-likeness (QED) is 0.225. The molecule has 0 aromatic carbocycles. The van der Waals surface area contributed by atoms with Crippen molar-refractivity contribution in [2.45, 2.75) is 112 Å². The van der Waals surface area contributed by atoms with E-state index in [1.165, 1.54) is 0 Å². The molecule has 0 aromatic heterocycles. The SMILES string of the molecule is CC(C)[C@]12O[C@H]1[C@@H]1O[C@]13[C@]1(O[C@H]1CC1C4=C(CC[C@@]13C)C(=O)OC4)[C@@H]2OC(=O)CCC(=O)N/C=C1/OC[C@H](O)[C@@H](O)[C@@H]1O. The summed E-state index contributed by atoms with van der Waals surface area (Å²) in [5.41, 5.74) is -0.866. The first kappa shape index (κ1) is 28.0. The lowest BCUT2D eigenvalue weighted by Crippen LogP contribution is -2.70. The molecular weight excluding hydrogens is 566 g/mol. The highest BCUT2D eigenvalue weighted by atomic mass is 16.8. The molecule has 8 aliphatic rings. The van der Waals surface area contributed by atoms with Crippen LogP contribution in [0.15, 0.2) is 23.1 Å². The van der Waals surface area contributed by atoms with Crippen LogP contribution >= 0.6 is 0 Å². The Morgan fingerprint density at radius 3 is 2.67 bits per heavy atom. The molecule has 13 nitrogen and oxygen atoms in total. The van der Waals surface area contributed by atoms with Crippen LogP contribution in [0.1, 0.15) is 52.9 Å². The number of epoxide rings is 3. The van der Waals surface area contributed by atoms with Crippen molar-refractivity contribution in [2.75, 3.05) is 13.2 Å². The van der Waals surface area contributed by atoms with E-state index in [-0.39, 0.29) is 66.7 Å². The third-order valence-corrected chi connectivity index (χ3v) is 11.7. The molecule has 4 saturated heterocycles. The summed E-state index contributed by atoms with van der Waals surface area (Å²) < 4.78 is 36.6. The predicted molar refractivity (Wildman–Crippen MR) is 140 cm³/mol. The third-order valence-electron chi connectivity index (χ3n) is 11.7. The molecule has 234 valence electrons. The van der Waals surface area contributed by atoms with Crippen molar-refractivity contribution in [1.82, 2.24) is 5.32 Å². The van der Waals surface area contributed by atoms with E-state index in [2.05, 4.69) is 12.2 Å². The second kappa shape index (κ2) is 8.79. The van der Waals surface area contributed by atoms with Gasteiger partial charge in [0.1, 0.15) is 60.7 Å². The maximum absolute atomic E-state index is 13.3. The molecule has 1 amide bonds. The molecule has 43 heavy (non-hydrogen) atoms. The molecule has 0 aromatic rings. The number of fused-ring (bicyclic) bond motifs is 4. The van der Waals surface area contributed by atoms with Gasteiger partial charge in [-0.1, -0.05) is 20.8 Å². The van der Waals surface area contributed by atoms with Crippen LogP contribution in [0.2, 0.25) is 0 Å². The number of nitrogens with one attached hydrogen (secondary N) is 1. The van der Waals surface area contributed by atoms with Crippen LogP contribution < -0.4 is 5.32 Å². The fourth-order valence-corrected chi connectivity index (χ4v) is 9.34. The second-order valence-electron chi connectivity index (χ2n) is 13.8. The van der Waals surface area contributed by atoms with E-state index in [1.807, 2.05) is 13.8 Å². The lowest BCUT2D eigenvalue weighted by atomic mass is 9.46. The monoisotopic (exact) mass is 603 g/mol. The van der Waals surface area contributed by atoms with Gasteiger partial charge in [0.05, 0.1) is 12.5 Å². The maximum Gasteiger partial charge on any atom is 0.334 e. The number of amides is 1. The number of cyclic esters (lactones) is 1. The van der Waals surface area contributed by atoms with Crippen LogP contribution in [0.3, 0.4) is 0 Å². The van der Waals surface area contributed by atoms with Crippen LogP contribution in [0.25, 0.3) is 0 Å². The molecular formula is C30H37NO12. The molecule has 13 heteroatoms. The van der Waals surface area contributed by atoms with Gasteiger partial charge in [-0.2, -0.15) is 0 Å². The summed E-state index contributed by atoms with van der Waals surface area (Å²) in [5.74, 6) is -1.33. The van der Waals surface area contributed by atoms with Gasteiger partial charge in [0, 0.05) is 23.6 Å². The summed E-state index contributed by atoms with van der Waals surface area (Å²) >= 11 is 0. The van der Waals surface area contributed by atoms with E-state index in [4.69, 9.17) is 28.4 Å². The van der Waals surface area contributed by atoms with Crippen LogP contribution in [0, 0.1) is 17.3 Å². The van der Waals surface area contributed by atoms with Crippen molar-refractivity contribution < 1.29 is 58.1 Å². The summed E-state index contributed by atoms with van der Waals surface area (Å²) in [6.45, 7) is 6.36. The number of hydrogen-bond donors (Lipinski definition) is 4. The fourth-order valence-electron chi connectivity index (χ4n) is 9.34. The number of carbonyl (C=O) groups is 3. The van der Waals surface area contributed by atoms with Crippen molar-refractivity contribution >= 4 is 17.8 Å². The molecule has 2 spiro atoms. The van der Waals surface area contributed by atoms with E-state index in [0.717, 1.165) is 23.8 Å². The van der Waals surface area contributed by atoms with Gasteiger partial charge in [0.2, 0.25) is 5.91 Å². The zero-order chi connectivity index (χ0) is 30.3. The summed E-state index contributed by atoms with van der Waals surface area (Å²) in [7, 11) is 0. The van der Waals surface area contributed by atoms with E-state index < -0.39 is 53.1 Å². The Morgan fingerprint density at radius 1 is 1.12 bits per heavy atom. The molecule has 4 N–H and O–H groups in total. The Kier molecular flexibility index (Phi) is 5.72. The Morgan fingerprint density at radius 2 is 1.91 bits per heavy atom. The van der Waals surface area contributed by atoms with Crippen molar-refractivity contribution in [2.24, 2.45) is 17.3 Å². The molecule has 5 aliphatic heterocycles. The number of hydrogen-bond acceptors (Lipinski definition) is 12. The first-order chi connectivity index (χ1) is 20.4. The van der Waals surface area contributed by atoms with Crippen molar-refractivity contribution in [3.63, 3.8) is 0 Å². The minimum atomic E-state index is -1.49. The van der Waals surface area contributed by atoms with E-state index in [0.29, 0.717) is 19.4 Å². The maximum atomic E-state index is 13.3. The predicted octanol–water partition coefficient (Wildman–Crippen LogP) is -0.495. The molecule has 0 radical (unpaired) electrons. The topological polar surface area (TPSA) is 189 Å². The van der Waals surface area contributed by atoms with Gasteiger partial charge >= 0.3 is 11.9 Å². The van der Waals surface area contributed by atoms with Crippen LogP contribution in [0.4, 0.5) is 0 Å². The zero-order valence-electron chi connectivity index (χ0n) is 24.2. The van der Waals surface area contributed by atoms with E-state index in [9.17, 15) is 29.7 Å². The van der Waals surface area contributed by atoms with E-state index in [1.54, 1.807) is 0 Å². The number of rotatable bonds is 6. The van der Waals surface area contributed by atoms with Crippen LogP contribution in [0.5, 0.6) is 0 Å². The minimum Gasteiger partial charge on any atom is -0.491 e. The van der Waals surface area contributed by atoms with Crippen molar-refractivity contribution in [3.8, 4) is 0 Å². The number of aliphatic hydroxyl groups excluding tert-OH is 3. The number of ether oxygens (including phenoxy) is 6. The number of esters is 2. The summed E-state index contributed by atoms with van der Waals surface area (Å²) in [4.78, 5) is 38.2. The molecule has 0 bridgehead atoms. The average molecular weight is 604 g/mol.